The number of fused-ring (bicyclic) bond motifs is 1. The van der Waals surface area contributed by atoms with Gasteiger partial charge >= 0.3 is 6.03 Å². The van der Waals surface area contributed by atoms with E-state index >= 15 is 0 Å². The van der Waals surface area contributed by atoms with E-state index in [9.17, 15) is 9.90 Å². The minimum absolute atomic E-state index is 0.127. The molecule has 4 N–H and O–H groups in total. The summed E-state index contributed by atoms with van der Waals surface area (Å²) in [6.45, 7) is 11.3. The number of morpholine rings is 1. The van der Waals surface area contributed by atoms with Crippen LogP contribution in [-0.4, -0.2) is 76.1 Å². The number of aliphatic hydroxyl groups is 1. The molecule has 5 rings (SSSR count). The van der Waals surface area contributed by atoms with Crippen LogP contribution in [0.4, 0.5) is 16.3 Å². The summed E-state index contributed by atoms with van der Waals surface area (Å²) in [7, 11) is 1.88. The Bertz CT molecular complexity index is 1210. The number of benzene rings is 1. The van der Waals surface area contributed by atoms with Crippen LogP contribution in [0.2, 0.25) is 0 Å². The fraction of sp³-hybridized carbons (Fsp3) is 0.520. The van der Waals surface area contributed by atoms with Crippen LogP contribution >= 0.6 is 0 Å². The van der Waals surface area contributed by atoms with Crippen LogP contribution in [0.5, 0.6) is 0 Å². The van der Waals surface area contributed by atoms with Crippen LogP contribution in [0, 0.1) is 0 Å². The molecule has 0 saturated carbocycles. The first-order valence-corrected chi connectivity index (χ1v) is 12.6. The Morgan fingerprint density at radius 2 is 1.94 bits per heavy atom. The molecular formula is C25H36N8O3. The summed E-state index contributed by atoms with van der Waals surface area (Å²) >= 11 is 0. The van der Waals surface area contributed by atoms with Gasteiger partial charge in [-0.25, -0.2) is 19.7 Å². The standard InChI is InChI=1S/C23H30N8O3.C2H6/c1-4-25-22(32)26-16-7-5-15(6-8-16)18-28-19-17(20(29-18)31-9-10-34-11-14(31)2)27-21(30(19)3)23(33)12-24-13-23;1-2/h5-8,14,24,33H,4,9-13H2,1-3H3,(H2,25,26,32);1-2H3/t14-;/m0./s1. The number of aryl methyl sites for hydroxylation is 1. The van der Waals surface area contributed by atoms with E-state index in [1.807, 2.05) is 56.7 Å². The quantitative estimate of drug-likeness (QED) is 0.423. The van der Waals surface area contributed by atoms with Crippen LogP contribution in [0.15, 0.2) is 24.3 Å². The first-order chi connectivity index (χ1) is 17.4. The average molecular weight is 497 g/mol. The second-order valence-electron chi connectivity index (χ2n) is 8.85. The minimum atomic E-state index is -1.02. The molecule has 36 heavy (non-hydrogen) atoms. The number of hydrogen-bond acceptors (Lipinski definition) is 8. The molecule has 194 valence electrons. The number of anilines is 2. The molecule has 2 aliphatic heterocycles. The maximum atomic E-state index is 11.8. The van der Waals surface area contributed by atoms with Gasteiger partial charge in [0.25, 0.3) is 0 Å². The minimum Gasteiger partial charge on any atom is -0.379 e. The number of hydrogen-bond donors (Lipinski definition) is 4. The largest absolute Gasteiger partial charge is 0.379 e. The van der Waals surface area contributed by atoms with Crippen molar-refractivity contribution in [3.05, 3.63) is 30.1 Å². The lowest BCUT2D eigenvalue weighted by Gasteiger charge is -2.36. The summed E-state index contributed by atoms with van der Waals surface area (Å²) in [6, 6.07) is 7.30. The highest BCUT2D eigenvalue weighted by molar-refractivity contribution is 5.90. The van der Waals surface area contributed by atoms with Gasteiger partial charge in [0.15, 0.2) is 22.8 Å². The van der Waals surface area contributed by atoms with Gasteiger partial charge in [-0.05, 0) is 38.1 Å². The number of carbonyl (C=O) groups is 1. The van der Waals surface area contributed by atoms with Gasteiger partial charge in [0.05, 0.1) is 19.3 Å². The average Bonchev–Trinajstić information content (AvgIpc) is 3.21. The van der Waals surface area contributed by atoms with Crippen molar-refractivity contribution in [2.24, 2.45) is 7.05 Å². The Morgan fingerprint density at radius 1 is 1.22 bits per heavy atom. The van der Waals surface area contributed by atoms with E-state index in [1.165, 1.54) is 0 Å². The predicted octanol–water partition coefficient (Wildman–Crippen LogP) is 2.21. The van der Waals surface area contributed by atoms with Gasteiger partial charge in [-0.2, -0.15) is 0 Å². The van der Waals surface area contributed by atoms with Crippen LogP contribution in [-0.2, 0) is 17.4 Å². The van der Waals surface area contributed by atoms with Crippen LogP contribution in [0.25, 0.3) is 22.6 Å². The molecular weight excluding hydrogens is 460 g/mol. The van der Waals surface area contributed by atoms with Gasteiger partial charge in [-0.1, -0.05) is 13.8 Å². The smallest absolute Gasteiger partial charge is 0.319 e. The summed E-state index contributed by atoms with van der Waals surface area (Å²) in [4.78, 5) is 28.6. The molecule has 0 aliphatic carbocycles. The number of carbonyl (C=O) groups excluding carboxylic acids is 1. The van der Waals surface area contributed by atoms with Crippen molar-refractivity contribution in [2.45, 2.75) is 39.3 Å². The second kappa shape index (κ2) is 10.8. The number of rotatable bonds is 5. The molecule has 1 atom stereocenters. The third kappa shape index (κ3) is 4.86. The van der Waals surface area contributed by atoms with E-state index in [1.54, 1.807) is 0 Å². The van der Waals surface area contributed by atoms with Crippen molar-refractivity contribution in [1.29, 1.82) is 0 Å². The lowest BCUT2D eigenvalue weighted by molar-refractivity contribution is -0.0246. The fourth-order valence-corrected chi connectivity index (χ4v) is 4.39. The van der Waals surface area contributed by atoms with Gasteiger partial charge in [0.2, 0.25) is 0 Å². The van der Waals surface area contributed by atoms with E-state index < -0.39 is 5.60 Å². The molecule has 11 nitrogen and oxygen atoms in total. The van der Waals surface area contributed by atoms with Crippen molar-refractivity contribution in [2.75, 3.05) is 49.6 Å². The molecule has 2 amide bonds. The highest BCUT2D eigenvalue weighted by atomic mass is 16.5. The lowest BCUT2D eigenvalue weighted by Crippen LogP contribution is -2.57. The number of imidazole rings is 1. The molecule has 2 aliphatic rings. The molecule has 0 unspecified atom stereocenters. The SMILES string of the molecule is CC.CCNC(=O)Nc1ccc(-c2nc(N3CCOC[C@@H]3C)c3nc(C4(O)CNC4)n(C)c3n2)cc1. The molecule has 2 fully saturated rings. The van der Waals surface area contributed by atoms with Crippen molar-refractivity contribution < 1.29 is 14.6 Å². The highest BCUT2D eigenvalue weighted by Crippen LogP contribution is 2.33. The number of urea groups is 1. The zero-order chi connectivity index (χ0) is 25.9. The molecule has 4 heterocycles. The molecule has 1 aromatic carbocycles. The Balaban J connectivity index is 0.00000148. The lowest BCUT2D eigenvalue weighted by atomic mass is 9.96. The first kappa shape index (κ1) is 25.8. The predicted molar refractivity (Wildman–Crippen MR) is 140 cm³/mol. The normalized spacial score (nSPS) is 18.7. The van der Waals surface area contributed by atoms with Gasteiger partial charge in [-0.15, -0.1) is 0 Å². The number of nitrogens with one attached hydrogen (secondary N) is 3. The van der Waals surface area contributed by atoms with Crippen LogP contribution in [0.3, 0.4) is 0 Å². The maximum absolute atomic E-state index is 11.8. The number of β-amino-alcohol motifs (C(OH)–C–C–N with tert-alkyl or cyclic N) is 1. The molecule has 11 heteroatoms. The Labute approximate surface area is 211 Å². The van der Waals surface area contributed by atoms with Crippen molar-refractivity contribution in [1.82, 2.24) is 30.2 Å². The second-order valence-corrected chi connectivity index (χ2v) is 8.85. The van der Waals surface area contributed by atoms with Gasteiger partial charge in [0, 0.05) is 44.5 Å². The number of nitrogens with zero attached hydrogens (tertiary/aromatic N) is 5. The zero-order valence-electron chi connectivity index (χ0n) is 21.6. The fourth-order valence-electron chi connectivity index (χ4n) is 4.39. The highest BCUT2D eigenvalue weighted by Gasteiger charge is 2.41. The summed E-state index contributed by atoms with van der Waals surface area (Å²) in [5.41, 5.74) is 1.82. The molecule has 2 saturated heterocycles. The summed E-state index contributed by atoms with van der Waals surface area (Å²) < 4.78 is 7.50. The summed E-state index contributed by atoms with van der Waals surface area (Å²) in [5.74, 6) is 1.87. The zero-order valence-corrected chi connectivity index (χ0v) is 21.6. The third-order valence-electron chi connectivity index (χ3n) is 6.33. The van der Waals surface area contributed by atoms with Gasteiger partial charge < -0.3 is 35.3 Å². The van der Waals surface area contributed by atoms with Crippen LogP contribution in [0.1, 0.15) is 33.5 Å². The number of ether oxygens (including phenoxy) is 1. The Morgan fingerprint density at radius 3 is 2.56 bits per heavy atom. The Hall–Kier alpha value is -3.28. The van der Waals surface area contributed by atoms with E-state index in [4.69, 9.17) is 19.7 Å². The van der Waals surface area contributed by atoms with E-state index in [0.717, 1.165) is 11.4 Å². The maximum Gasteiger partial charge on any atom is 0.319 e. The monoisotopic (exact) mass is 496 g/mol. The molecule has 0 bridgehead atoms. The topological polar surface area (TPSA) is 129 Å². The van der Waals surface area contributed by atoms with Crippen molar-refractivity contribution in [3.8, 4) is 11.4 Å². The molecule has 2 aromatic heterocycles. The molecule has 0 spiro atoms. The summed E-state index contributed by atoms with van der Waals surface area (Å²) in [5, 5.41) is 19.6. The first-order valence-electron chi connectivity index (χ1n) is 12.6. The van der Waals surface area contributed by atoms with Crippen molar-refractivity contribution >= 4 is 28.7 Å². The van der Waals surface area contributed by atoms with Gasteiger partial charge in [0.1, 0.15) is 11.4 Å². The molecule has 0 radical (unpaired) electrons. The Kier molecular flexibility index (Phi) is 7.72. The van der Waals surface area contributed by atoms with E-state index in [2.05, 4.69) is 27.8 Å². The molecule has 3 aromatic rings. The van der Waals surface area contributed by atoms with Crippen molar-refractivity contribution in [3.63, 3.8) is 0 Å². The summed E-state index contributed by atoms with van der Waals surface area (Å²) in [6.07, 6.45) is 0. The van der Waals surface area contributed by atoms with Crippen LogP contribution < -0.4 is 20.9 Å². The number of aromatic nitrogens is 4. The van der Waals surface area contributed by atoms with E-state index in [0.29, 0.717) is 67.9 Å². The van der Waals surface area contributed by atoms with E-state index in [-0.39, 0.29) is 12.1 Å². The third-order valence-corrected chi connectivity index (χ3v) is 6.33. The van der Waals surface area contributed by atoms with Gasteiger partial charge in [-0.3, -0.25) is 0 Å². The number of amides is 2.